The maximum absolute atomic E-state index is 12.7. The topological polar surface area (TPSA) is 79.3 Å². The van der Waals surface area contributed by atoms with E-state index in [1.54, 1.807) is 6.92 Å². The number of carboxylic acids is 1. The van der Waals surface area contributed by atoms with Crippen LogP contribution in [-0.2, 0) is 4.79 Å². The molecule has 1 saturated carbocycles. The molecule has 0 saturated heterocycles. The van der Waals surface area contributed by atoms with Crippen molar-refractivity contribution < 1.29 is 19.1 Å². The Balaban J connectivity index is 2.10. The normalized spacial score (nSPS) is 26.1. The summed E-state index contributed by atoms with van der Waals surface area (Å²) in [6.07, 6.45) is 2.87. The number of pyridine rings is 1. The summed E-state index contributed by atoms with van der Waals surface area (Å²) in [7, 11) is 0. The lowest BCUT2D eigenvalue weighted by atomic mass is 9.85. The number of carboxylic acid groups (broad SMARTS) is 1. The summed E-state index contributed by atoms with van der Waals surface area (Å²) >= 11 is 0. The van der Waals surface area contributed by atoms with E-state index in [0.29, 0.717) is 12.8 Å². The van der Waals surface area contributed by atoms with Gasteiger partial charge < -0.3 is 10.4 Å². The molecule has 1 fully saturated rings. The molecule has 2 atom stereocenters. The zero-order valence-corrected chi connectivity index (χ0v) is 10.5. The number of aromatic nitrogens is 1. The highest BCUT2D eigenvalue weighted by molar-refractivity contribution is 5.93. The van der Waals surface area contributed by atoms with Crippen molar-refractivity contribution in [2.75, 3.05) is 0 Å². The number of aliphatic carboxylic acids is 1. The number of carbonyl (C=O) groups excluding carboxylic acids is 1. The van der Waals surface area contributed by atoms with Gasteiger partial charge in [-0.05, 0) is 31.9 Å². The second kappa shape index (κ2) is 4.95. The predicted octanol–water partition coefficient (Wildman–Crippen LogP) is 1.59. The molecule has 2 N–H and O–H groups in total. The number of hydrogen-bond acceptors (Lipinski definition) is 3. The van der Waals surface area contributed by atoms with Gasteiger partial charge in [-0.15, -0.1) is 0 Å². The van der Waals surface area contributed by atoms with E-state index >= 15 is 0 Å². The van der Waals surface area contributed by atoms with Crippen LogP contribution in [0.4, 0.5) is 4.39 Å². The summed E-state index contributed by atoms with van der Waals surface area (Å²) in [5.41, 5.74) is -0.864. The second-order valence-electron chi connectivity index (χ2n) is 5.00. The zero-order valence-electron chi connectivity index (χ0n) is 10.5. The third-order valence-electron chi connectivity index (χ3n) is 3.71. The number of nitrogens with zero attached hydrogens (tertiary/aromatic N) is 1. The number of amides is 1. The minimum Gasteiger partial charge on any atom is -0.481 e. The number of rotatable bonds is 3. The summed E-state index contributed by atoms with van der Waals surface area (Å²) in [5.74, 6) is -1.91. The van der Waals surface area contributed by atoms with Crippen molar-refractivity contribution >= 4 is 11.9 Å². The summed E-state index contributed by atoms with van der Waals surface area (Å²) < 4.78 is 12.7. The van der Waals surface area contributed by atoms with Crippen molar-refractivity contribution in [1.82, 2.24) is 10.3 Å². The Morgan fingerprint density at radius 3 is 2.84 bits per heavy atom. The fraction of sp³-hybridized carbons (Fsp3) is 0.462. The maximum Gasteiger partial charge on any atom is 0.311 e. The van der Waals surface area contributed by atoms with Crippen LogP contribution in [0.2, 0.25) is 0 Å². The van der Waals surface area contributed by atoms with Crippen LogP contribution in [0.1, 0.15) is 36.7 Å². The first-order valence-electron chi connectivity index (χ1n) is 6.09. The Kier molecular flexibility index (Phi) is 3.50. The monoisotopic (exact) mass is 266 g/mol. The van der Waals surface area contributed by atoms with E-state index in [1.165, 1.54) is 6.07 Å². The lowest BCUT2D eigenvalue weighted by Gasteiger charge is -2.27. The van der Waals surface area contributed by atoms with E-state index in [0.717, 1.165) is 18.7 Å². The molecule has 1 heterocycles. The SMILES string of the molecule is CC1(C(=O)O)CCCC1NC(=O)c1ccc(F)cn1. The Morgan fingerprint density at radius 1 is 1.53 bits per heavy atom. The molecular weight excluding hydrogens is 251 g/mol. The average Bonchev–Trinajstić information content (AvgIpc) is 2.73. The van der Waals surface area contributed by atoms with Gasteiger partial charge in [-0.1, -0.05) is 6.42 Å². The summed E-state index contributed by atoms with van der Waals surface area (Å²) in [5, 5.41) is 11.9. The Bertz CT molecular complexity index is 503. The molecule has 0 bridgehead atoms. The van der Waals surface area contributed by atoms with Crippen LogP contribution in [0, 0.1) is 11.2 Å². The lowest BCUT2D eigenvalue weighted by molar-refractivity contribution is -0.148. The number of carbonyl (C=O) groups is 2. The van der Waals surface area contributed by atoms with E-state index in [2.05, 4.69) is 10.3 Å². The van der Waals surface area contributed by atoms with E-state index < -0.39 is 29.2 Å². The fourth-order valence-corrected chi connectivity index (χ4v) is 2.40. The van der Waals surface area contributed by atoms with Crippen molar-refractivity contribution in [3.05, 3.63) is 29.8 Å². The Morgan fingerprint density at radius 2 is 2.26 bits per heavy atom. The van der Waals surface area contributed by atoms with Gasteiger partial charge in [0.1, 0.15) is 11.5 Å². The molecule has 2 rings (SSSR count). The van der Waals surface area contributed by atoms with Gasteiger partial charge in [0.2, 0.25) is 0 Å². The Hall–Kier alpha value is -1.98. The zero-order chi connectivity index (χ0) is 14.0. The molecule has 1 amide bonds. The number of hydrogen-bond donors (Lipinski definition) is 2. The first-order chi connectivity index (χ1) is 8.93. The van der Waals surface area contributed by atoms with Crippen LogP contribution in [0.15, 0.2) is 18.3 Å². The summed E-state index contributed by atoms with van der Waals surface area (Å²) in [4.78, 5) is 26.9. The van der Waals surface area contributed by atoms with Gasteiger partial charge in [0.15, 0.2) is 0 Å². The number of halogens is 1. The molecule has 2 unspecified atom stereocenters. The molecule has 1 aliphatic carbocycles. The quantitative estimate of drug-likeness (QED) is 0.870. The molecule has 0 aliphatic heterocycles. The minimum atomic E-state index is -0.949. The smallest absolute Gasteiger partial charge is 0.311 e. The van der Waals surface area contributed by atoms with Gasteiger partial charge in [-0.25, -0.2) is 9.37 Å². The van der Waals surface area contributed by atoms with E-state index in [1.807, 2.05) is 0 Å². The number of nitrogens with one attached hydrogen (secondary N) is 1. The van der Waals surface area contributed by atoms with Crippen LogP contribution in [0.5, 0.6) is 0 Å². The highest BCUT2D eigenvalue weighted by atomic mass is 19.1. The largest absolute Gasteiger partial charge is 0.481 e. The van der Waals surface area contributed by atoms with Crippen LogP contribution in [0.3, 0.4) is 0 Å². The van der Waals surface area contributed by atoms with Gasteiger partial charge in [0.25, 0.3) is 5.91 Å². The first kappa shape index (κ1) is 13.5. The van der Waals surface area contributed by atoms with Crippen molar-refractivity contribution in [2.45, 2.75) is 32.2 Å². The first-order valence-corrected chi connectivity index (χ1v) is 6.09. The lowest BCUT2D eigenvalue weighted by Crippen LogP contribution is -2.47. The third kappa shape index (κ3) is 2.57. The van der Waals surface area contributed by atoms with Crippen LogP contribution < -0.4 is 5.32 Å². The molecule has 5 nitrogen and oxygen atoms in total. The molecule has 1 aliphatic rings. The molecule has 19 heavy (non-hydrogen) atoms. The Labute approximate surface area is 109 Å². The molecule has 1 aromatic heterocycles. The molecule has 0 aromatic carbocycles. The fourth-order valence-electron chi connectivity index (χ4n) is 2.40. The van der Waals surface area contributed by atoms with Crippen molar-refractivity contribution in [1.29, 1.82) is 0 Å². The van der Waals surface area contributed by atoms with Crippen molar-refractivity contribution in [3.8, 4) is 0 Å². The second-order valence-corrected chi connectivity index (χ2v) is 5.00. The molecular formula is C13H15FN2O3. The van der Waals surface area contributed by atoms with Crippen LogP contribution in [0.25, 0.3) is 0 Å². The summed E-state index contributed by atoms with van der Waals surface area (Å²) in [6, 6.07) is 1.99. The maximum atomic E-state index is 12.7. The third-order valence-corrected chi connectivity index (χ3v) is 3.71. The predicted molar refractivity (Wildman–Crippen MR) is 65.0 cm³/mol. The van der Waals surface area contributed by atoms with Gasteiger partial charge in [0.05, 0.1) is 11.6 Å². The molecule has 1 aromatic rings. The van der Waals surface area contributed by atoms with Gasteiger partial charge in [0, 0.05) is 6.04 Å². The van der Waals surface area contributed by atoms with E-state index in [9.17, 15) is 19.1 Å². The molecule has 0 radical (unpaired) electrons. The average molecular weight is 266 g/mol. The van der Waals surface area contributed by atoms with E-state index in [-0.39, 0.29) is 5.69 Å². The highest BCUT2D eigenvalue weighted by Crippen LogP contribution is 2.38. The van der Waals surface area contributed by atoms with Crippen molar-refractivity contribution in [3.63, 3.8) is 0 Å². The van der Waals surface area contributed by atoms with Gasteiger partial charge in [-0.2, -0.15) is 0 Å². The van der Waals surface area contributed by atoms with Crippen LogP contribution >= 0.6 is 0 Å². The summed E-state index contributed by atoms with van der Waals surface area (Å²) in [6.45, 7) is 1.63. The molecule has 102 valence electrons. The highest BCUT2D eigenvalue weighted by Gasteiger charge is 2.46. The molecule has 6 heteroatoms. The van der Waals surface area contributed by atoms with E-state index in [4.69, 9.17) is 0 Å². The van der Waals surface area contributed by atoms with Crippen molar-refractivity contribution in [2.24, 2.45) is 5.41 Å². The van der Waals surface area contributed by atoms with Gasteiger partial charge >= 0.3 is 5.97 Å². The van der Waals surface area contributed by atoms with Gasteiger partial charge in [-0.3, -0.25) is 9.59 Å². The minimum absolute atomic E-state index is 0.0843. The standard InChI is InChI=1S/C13H15FN2O3/c1-13(12(18)19)6-2-3-10(13)16-11(17)9-5-4-8(14)7-15-9/h4-5,7,10H,2-3,6H2,1H3,(H,16,17)(H,18,19). The van der Waals surface area contributed by atoms with Crippen LogP contribution in [-0.4, -0.2) is 28.0 Å². The molecule has 0 spiro atoms.